The average Bonchev–Trinajstić information content (AvgIpc) is 2.56. The first-order valence-electron chi connectivity index (χ1n) is 7.77. The van der Waals surface area contributed by atoms with Crippen LogP contribution >= 0.6 is 0 Å². The van der Waals surface area contributed by atoms with Gasteiger partial charge in [0, 0.05) is 6.92 Å². The molecule has 0 aliphatic carbocycles. The number of amides is 1. The van der Waals surface area contributed by atoms with Crippen molar-refractivity contribution in [3.63, 3.8) is 0 Å². The summed E-state index contributed by atoms with van der Waals surface area (Å²) in [4.78, 5) is 10.7. The summed E-state index contributed by atoms with van der Waals surface area (Å²) >= 11 is 0. The molecule has 0 spiro atoms. The van der Waals surface area contributed by atoms with Crippen molar-refractivity contribution < 1.29 is 14.3 Å². The Morgan fingerprint density at radius 2 is 1.62 bits per heavy atom. The highest BCUT2D eigenvalue weighted by Crippen LogP contribution is 2.16. The molecule has 24 heavy (non-hydrogen) atoms. The number of nitrogens with zero attached hydrogens (tertiary/aromatic N) is 1. The number of carbonyl (C=O) groups is 1. The molecule has 0 heterocycles. The Bertz CT molecular complexity index is 709. The van der Waals surface area contributed by atoms with Gasteiger partial charge in [0.15, 0.2) is 0 Å². The smallest absolute Gasteiger partial charge is 0.236 e. The van der Waals surface area contributed by atoms with Gasteiger partial charge in [0.05, 0.1) is 6.21 Å². The van der Waals surface area contributed by atoms with Gasteiger partial charge in [0.2, 0.25) is 5.91 Å². The van der Waals surface area contributed by atoms with E-state index in [0.29, 0.717) is 13.2 Å². The molecule has 5 heteroatoms. The van der Waals surface area contributed by atoms with Crippen LogP contribution in [0, 0.1) is 13.8 Å². The standard InChI is InChI=1S/C19H22N2O3/c1-14-4-7-19(12-15(14)2)24-11-10-23-18-8-5-17(6-9-18)13-20-21-16(3)22/h4-9,12-13H,10-11H2,1-3H3,(H,21,22)/b20-13+. The summed E-state index contributed by atoms with van der Waals surface area (Å²) in [7, 11) is 0. The highest BCUT2D eigenvalue weighted by atomic mass is 16.5. The van der Waals surface area contributed by atoms with E-state index in [1.165, 1.54) is 18.1 Å². The molecule has 0 aliphatic rings. The number of aryl methyl sites for hydroxylation is 2. The fourth-order valence-electron chi connectivity index (χ4n) is 1.97. The van der Waals surface area contributed by atoms with E-state index in [0.717, 1.165) is 17.1 Å². The first-order chi connectivity index (χ1) is 11.5. The molecule has 1 amide bonds. The number of hydrogen-bond donors (Lipinski definition) is 1. The van der Waals surface area contributed by atoms with Gasteiger partial charge < -0.3 is 9.47 Å². The minimum atomic E-state index is -0.199. The monoisotopic (exact) mass is 326 g/mol. The number of hydrogen-bond acceptors (Lipinski definition) is 4. The van der Waals surface area contributed by atoms with E-state index in [2.05, 4.69) is 24.4 Å². The lowest BCUT2D eigenvalue weighted by molar-refractivity contribution is -0.118. The molecule has 2 aromatic carbocycles. The highest BCUT2D eigenvalue weighted by molar-refractivity contribution is 5.81. The molecular weight excluding hydrogens is 304 g/mol. The Labute approximate surface area is 142 Å². The van der Waals surface area contributed by atoms with Crippen LogP contribution in [0.15, 0.2) is 47.6 Å². The summed E-state index contributed by atoms with van der Waals surface area (Å²) in [6.45, 7) is 6.50. The minimum absolute atomic E-state index is 0.199. The van der Waals surface area contributed by atoms with E-state index in [9.17, 15) is 4.79 Å². The molecule has 0 aromatic heterocycles. The van der Waals surface area contributed by atoms with E-state index in [4.69, 9.17) is 9.47 Å². The summed E-state index contributed by atoms with van der Waals surface area (Å²) in [6.07, 6.45) is 1.58. The van der Waals surface area contributed by atoms with E-state index in [-0.39, 0.29) is 5.91 Å². The first kappa shape index (κ1) is 17.5. The maximum Gasteiger partial charge on any atom is 0.236 e. The molecule has 0 radical (unpaired) electrons. The van der Waals surface area contributed by atoms with Crippen molar-refractivity contribution >= 4 is 12.1 Å². The third-order valence-corrected chi connectivity index (χ3v) is 3.41. The molecule has 0 fully saturated rings. The van der Waals surface area contributed by atoms with Gasteiger partial charge in [0.25, 0.3) is 0 Å². The Hall–Kier alpha value is -2.82. The molecule has 126 valence electrons. The molecule has 0 saturated carbocycles. The maximum absolute atomic E-state index is 10.7. The van der Waals surface area contributed by atoms with Crippen molar-refractivity contribution in [1.82, 2.24) is 5.43 Å². The molecule has 0 bridgehead atoms. The van der Waals surface area contributed by atoms with E-state index < -0.39 is 0 Å². The SMILES string of the molecule is CC(=O)N/N=C/c1ccc(OCCOc2ccc(C)c(C)c2)cc1. The fourth-order valence-corrected chi connectivity index (χ4v) is 1.97. The highest BCUT2D eigenvalue weighted by Gasteiger charge is 1.98. The second-order valence-corrected chi connectivity index (χ2v) is 5.44. The third-order valence-electron chi connectivity index (χ3n) is 3.41. The van der Waals surface area contributed by atoms with Crippen molar-refractivity contribution in [2.75, 3.05) is 13.2 Å². The Balaban J connectivity index is 1.75. The van der Waals surface area contributed by atoms with Gasteiger partial charge in [-0.2, -0.15) is 5.10 Å². The van der Waals surface area contributed by atoms with Crippen molar-refractivity contribution in [2.45, 2.75) is 20.8 Å². The van der Waals surface area contributed by atoms with Gasteiger partial charge in [-0.25, -0.2) is 5.43 Å². The molecule has 0 atom stereocenters. The largest absolute Gasteiger partial charge is 0.490 e. The zero-order valence-corrected chi connectivity index (χ0v) is 14.2. The third kappa shape index (κ3) is 5.76. The predicted octanol–water partition coefficient (Wildman–Crippen LogP) is 3.23. The summed E-state index contributed by atoms with van der Waals surface area (Å²) in [5.74, 6) is 1.41. The van der Waals surface area contributed by atoms with Gasteiger partial charge in [-0.3, -0.25) is 4.79 Å². The Kier molecular flexibility index (Phi) is 6.37. The summed E-state index contributed by atoms with van der Waals surface area (Å²) in [5, 5.41) is 3.81. The topological polar surface area (TPSA) is 59.9 Å². The van der Waals surface area contributed by atoms with Gasteiger partial charge in [0.1, 0.15) is 24.7 Å². The van der Waals surface area contributed by atoms with Crippen LogP contribution in [0.2, 0.25) is 0 Å². The number of ether oxygens (including phenoxy) is 2. The van der Waals surface area contributed by atoms with Crippen LogP contribution in [0.3, 0.4) is 0 Å². The molecule has 1 N–H and O–H groups in total. The second kappa shape index (κ2) is 8.72. The molecule has 0 saturated heterocycles. The van der Waals surface area contributed by atoms with Gasteiger partial charge >= 0.3 is 0 Å². The molecule has 2 aromatic rings. The minimum Gasteiger partial charge on any atom is -0.490 e. The summed E-state index contributed by atoms with van der Waals surface area (Å²) < 4.78 is 11.3. The number of benzene rings is 2. The van der Waals surface area contributed by atoms with Gasteiger partial charge in [-0.15, -0.1) is 0 Å². The second-order valence-electron chi connectivity index (χ2n) is 5.44. The Morgan fingerprint density at radius 3 is 2.25 bits per heavy atom. The van der Waals surface area contributed by atoms with E-state index in [1.807, 2.05) is 42.5 Å². The molecule has 0 aliphatic heterocycles. The van der Waals surface area contributed by atoms with Crippen LogP contribution < -0.4 is 14.9 Å². The maximum atomic E-state index is 10.7. The fraction of sp³-hybridized carbons (Fsp3) is 0.263. The van der Waals surface area contributed by atoms with Crippen LogP contribution in [0.25, 0.3) is 0 Å². The van der Waals surface area contributed by atoms with Crippen LogP contribution in [0.5, 0.6) is 11.5 Å². The van der Waals surface area contributed by atoms with E-state index in [1.54, 1.807) is 6.21 Å². The van der Waals surface area contributed by atoms with E-state index >= 15 is 0 Å². The van der Waals surface area contributed by atoms with Gasteiger partial charge in [-0.05, 0) is 66.9 Å². The lowest BCUT2D eigenvalue weighted by Crippen LogP contribution is -2.12. The quantitative estimate of drug-likeness (QED) is 0.483. The molecule has 2 rings (SSSR count). The van der Waals surface area contributed by atoms with Crippen LogP contribution in [-0.2, 0) is 4.79 Å². The molecule has 5 nitrogen and oxygen atoms in total. The molecular formula is C19H22N2O3. The number of rotatable bonds is 7. The first-order valence-corrected chi connectivity index (χ1v) is 7.77. The lowest BCUT2D eigenvalue weighted by atomic mass is 10.1. The summed E-state index contributed by atoms with van der Waals surface area (Å²) in [5.41, 5.74) is 5.70. The summed E-state index contributed by atoms with van der Waals surface area (Å²) in [6, 6.07) is 13.5. The van der Waals surface area contributed by atoms with Crippen LogP contribution in [-0.4, -0.2) is 25.3 Å². The van der Waals surface area contributed by atoms with Crippen molar-refractivity contribution in [3.05, 3.63) is 59.2 Å². The van der Waals surface area contributed by atoms with Gasteiger partial charge in [-0.1, -0.05) is 6.07 Å². The Morgan fingerprint density at radius 1 is 1.00 bits per heavy atom. The molecule has 0 unspecified atom stereocenters. The average molecular weight is 326 g/mol. The number of hydrazone groups is 1. The van der Waals surface area contributed by atoms with Crippen LogP contribution in [0.4, 0.5) is 0 Å². The predicted molar refractivity (Wildman–Crippen MR) is 94.8 cm³/mol. The zero-order valence-electron chi connectivity index (χ0n) is 14.2. The lowest BCUT2D eigenvalue weighted by Gasteiger charge is -2.10. The zero-order chi connectivity index (χ0) is 17.4. The van der Waals surface area contributed by atoms with Crippen molar-refractivity contribution in [2.24, 2.45) is 5.10 Å². The number of carbonyl (C=O) groups excluding carboxylic acids is 1. The normalized spacial score (nSPS) is 10.6. The van der Waals surface area contributed by atoms with Crippen molar-refractivity contribution in [1.29, 1.82) is 0 Å². The number of nitrogens with one attached hydrogen (secondary N) is 1. The van der Waals surface area contributed by atoms with Crippen LogP contribution in [0.1, 0.15) is 23.6 Å². The van der Waals surface area contributed by atoms with Crippen molar-refractivity contribution in [3.8, 4) is 11.5 Å².